The van der Waals surface area contributed by atoms with Crippen LogP contribution in [-0.4, -0.2) is 61.8 Å². The zero-order chi connectivity index (χ0) is 26.3. The number of aromatic nitrogens is 1. The SMILES string of the molecule is O=C(Nc1cccc(-c2ccc(S(O)(O)N3CCC[C@@H]3CO)cc2)n1)C1(c2ccc3c(c2)OCCO3)CC1.[HH].[HH]. The second-order valence-electron chi connectivity index (χ2n) is 9.97. The molecule has 0 radical (unpaired) electrons. The molecule has 3 aromatic rings. The van der Waals surface area contributed by atoms with Crippen LogP contribution in [0.15, 0.2) is 65.6 Å². The van der Waals surface area contributed by atoms with Crippen LogP contribution in [-0.2, 0) is 10.2 Å². The Balaban J connectivity index is 0.00000185. The summed E-state index contributed by atoms with van der Waals surface area (Å²) >= 11 is 0. The number of hydrogen-bond donors (Lipinski definition) is 4. The number of anilines is 1. The number of carbonyl (C=O) groups is 1. The highest BCUT2D eigenvalue weighted by Gasteiger charge is 2.51. The summed E-state index contributed by atoms with van der Waals surface area (Å²) in [4.78, 5) is 18.4. The molecule has 1 aromatic heterocycles. The summed E-state index contributed by atoms with van der Waals surface area (Å²) in [6.45, 7) is 1.44. The van der Waals surface area contributed by atoms with Crippen molar-refractivity contribution < 1.29 is 31.3 Å². The number of aliphatic hydroxyl groups is 1. The summed E-state index contributed by atoms with van der Waals surface area (Å²) in [5.74, 6) is 1.72. The minimum atomic E-state index is -3.19. The Hall–Kier alpha value is -3.15. The number of carbonyl (C=O) groups excluding carboxylic acids is 1. The average Bonchev–Trinajstić information content (AvgIpc) is 3.62. The van der Waals surface area contributed by atoms with Gasteiger partial charge in [-0.2, -0.15) is 4.31 Å². The van der Waals surface area contributed by atoms with Crippen molar-refractivity contribution in [1.29, 1.82) is 0 Å². The molecule has 2 fully saturated rings. The fourth-order valence-corrected chi connectivity index (χ4v) is 7.03. The number of nitrogens with one attached hydrogen (secondary N) is 1. The van der Waals surface area contributed by atoms with E-state index in [1.165, 1.54) is 0 Å². The number of ether oxygens (including phenoxy) is 2. The maximum atomic E-state index is 13.3. The van der Waals surface area contributed by atoms with Crippen molar-refractivity contribution in [3.63, 3.8) is 0 Å². The van der Waals surface area contributed by atoms with Crippen LogP contribution in [0.25, 0.3) is 11.3 Å². The second kappa shape index (κ2) is 9.87. The summed E-state index contributed by atoms with van der Waals surface area (Å²) in [7, 11) is -3.19. The lowest BCUT2D eigenvalue weighted by Gasteiger charge is -2.43. The Kier molecular flexibility index (Phi) is 6.53. The first kappa shape index (κ1) is 25.1. The van der Waals surface area contributed by atoms with Crippen LogP contribution in [0.5, 0.6) is 11.5 Å². The fraction of sp³-hybridized carbons (Fsp3) is 0.357. The smallest absolute Gasteiger partial charge is 0.236 e. The van der Waals surface area contributed by atoms with E-state index in [0.29, 0.717) is 47.7 Å². The van der Waals surface area contributed by atoms with E-state index in [0.717, 1.165) is 36.8 Å². The van der Waals surface area contributed by atoms with E-state index in [2.05, 4.69) is 10.3 Å². The van der Waals surface area contributed by atoms with Crippen molar-refractivity contribution in [1.82, 2.24) is 9.29 Å². The Bertz CT molecular complexity index is 1360. The maximum Gasteiger partial charge on any atom is 0.236 e. The highest BCUT2D eigenvalue weighted by molar-refractivity contribution is 8.22. The standard InChI is InChI=1S/C28H31N3O6S.2H2/c32-18-21-3-2-14-31(21)38(34,35)22-9-6-19(7-10-22)23-4-1-5-26(29-23)30-27(33)28(12-13-28)20-8-11-24-25(17-20)37-16-15-36-24;;/h1,4-11,17,21,32,34-35H,2-3,12-16,18H2,(H,29,30,33);2*1H/t21-;;/m1../s1. The first-order chi connectivity index (χ1) is 18.4. The van der Waals surface area contributed by atoms with E-state index in [4.69, 9.17) is 9.47 Å². The zero-order valence-electron chi connectivity index (χ0n) is 20.9. The highest BCUT2D eigenvalue weighted by atomic mass is 32.3. The number of amides is 1. The molecule has 0 bridgehead atoms. The number of benzene rings is 2. The van der Waals surface area contributed by atoms with Gasteiger partial charge in [0, 0.05) is 15.0 Å². The van der Waals surface area contributed by atoms with Crippen LogP contribution >= 0.6 is 10.8 Å². The summed E-state index contributed by atoms with van der Waals surface area (Å²) in [6, 6.07) is 17.8. The molecule has 10 heteroatoms. The quantitative estimate of drug-likeness (QED) is 0.323. The third-order valence-electron chi connectivity index (χ3n) is 7.60. The third kappa shape index (κ3) is 4.52. The van der Waals surface area contributed by atoms with Gasteiger partial charge in [-0.1, -0.05) is 24.3 Å². The Morgan fingerprint density at radius 3 is 2.58 bits per heavy atom. The molecule has 1 aliphatic carbocycles. The van der Waals surface area contributed by atoms with Gasteiger partial charge in [-0.15, -0.1) is 10.8 Å². The van der Waals surface area contributed by atoms with Crippen molar-refractivity contribution in [2.24, 2.45) is 0 Å². The normalized spacial score (nSPS) is 20.7. The van der Waals surface area contributed by atoms with Crippen LogP contribution in [0.1, 0.15) is 34.1 Å². The fourth-order valence-electron chi connectivity index (χ4n) is 5.28. The molecule has 1 amide bonds. The van der Waals surface area contributed by atoms with Crippen molar-refractivity contribution in [3.05, 3.63) is 66.2 Å². The number of aliphatic hydroxyl groups excluding tert-OH is 1. The van der Waals surface area contributed by atoms with Gasteiger partial charge in [0.05, 0.1) is 28.7 Å². The first-order valence-corrected chi connectivity index (χ1v) is 14.4. The van der Waals surface area contributed by atoms with Gasteiger partial charge in [0.15, 0.2) is 11.5 Å². The molecule has 1 saturated heterocycles. The highest BCUT2D eigenvalue weighted by Crippen LogP contribution is 2.55. The molecule has 3 aliphatic rings. The maximum absolute atomic E-state index is 13.3. The summed E-state index contributed by atoms with van der Waals surface area (Å²) in [5, 5.41) is 12.6. The van der Waals surface area contributed by atoms with Gasteiger partial charge in [-0.25, -0.2) is 4.98 Å². The molecular weight excluding hydrogens is 506 g/mol. The lowest BCUT2D eigenvalue weighted by molar-refractivity contribution is -0.118. The number of hydrogen-bond acceptors (Lipinski definition) is 8. The van der Waals surface area contributed by atoms with Crippen LogP contribution in [0.2, 0.25) is 0 Å². The van der Waals surface area contributed by atoms with E-state index >= 15 is 0 Å². The largest absolute Gasteiger partial charge is 0.486 e. The molecule has 1 saturated carbocycles. The molecule has 9 nitrogen and oxygen atoms in total. The number of rotatable bonds is 7. The van der Waals surface area contributed by atoms with E-state index in [1.807, 2.05) is 30.3 Å². The van der Waals surface area contributed by atoms with Gasteiger partial charge in [-0.05, 0) is 67.6 Å². The lowest BCUT2D eigenvalue weighted by atomic mass is 9.94. The van der Waals surface area contributed by atoms with Gasteiger partial charge in [-0.3, -0.25) is 13.9 Å². The molecule has 2 aliphatic heterocycles. The van der Waals surface area contributed by atoms with Crippen molar-refractivity contribution >= 4 is 22.5 Å². The number of pyridine rings is 1. The predicted molar refractivity (Wildman–Crippen MR) is 149 cm³/mol. The molecule has 1 atom stereocenters. The van der Waals surface area contributed by atoms with Gasteiger partial charge >= 0.3 is 0 Å². The van der Waals surface area contributed by atoms with Crippen LogP contribution < -0.4 is 14.8 Å². The van der Waals surface area contributed by atoms with Gasteiger partial charge in [0.25, 0.3) is 0 Å². The minimum absolute atomic E-state index is 0. The van der Waals surface area contributed by atoms with Gasteiger partial charge < -0.3 is 19.9 Å². The Morgan fingerprint density at radius 1 is 1.08 bits per heavy atom. The van der Waals surface area contributed by atoms with Crippen LogP contribution in [0, 0.1) is 0 Å². The topological polar surface area (TPSA) is 124 Å². The summed E-state index contributed by atoms with van der Waals surface area (Å²) < 4.78 is 34.7. The number of fused-ring (bicyclic) bond motifs is 1. The lowest BCUT2D eigenvalue weighted by Crippen LogP contribution is -2.34. The second-order valence-corrected chi connectivity index (χ2v) is 11.9. The van der Waals surface area contributed by atoms with E-state index in [9.17, 15) is 19.0 Å². The van der Waals surface area contributed by atoms with Crippen molar-refractivity contribution in [2.45, 2.75) is 42.0 Å². The van der Waals surface area contributed by atoms with Crippen LogP contribution in [0.4, 0.5) is 5.82 Å². The van der Waals surface area contributed by atoms with Crippen LogP contribution in [0.3, 0.4) is 0 Å². The molecule has 4 N–H and O–H groups in total. The third-order valence-corrected chi connectivity index (χ3v) is 9.64. The molecular formula is C28H35N3O6S. The Labute approximate surface area is 225 Å². The molecule has 38 heavy (non-hydrogen) atoms. The van der Waals surface area contributed by atoms with E-state index in [-0.39, 0.29) is 21.4 Å². The van der Waals surface area contributed by atoms with E-state index < -0.39 is 16.2 Å². The predicted octanol–water partition coefficient (Wildman–Crippen LogP) is 5.16. The molecule has 204 valence electrons. The molecule has 0 spiro atoms. The number of nitrogens with zero attached hydrogens (tertiary/aromatic N) is 2. The van der Waals surface area contributed by atoms with Crippen molar-refractivity contribution in [2.75, 3.05) is 31.7 Å². The Morgan fingerprint density at radius 2 is 1.84 bits per heavy atom. The van der Waals surface area contributed by atoms with Gasteiger partial charge in [0.2, 0.25) is 5.91 Å². The summed E-state index contributed by atoms with van der Waals surface area (Å²) in [6.07, 6.45) is 3.06. The zero-order valence-corrected chi connectivity index (χ0v) is 21.7. The minimum Gasteiger partial charge on any atom is -0.486 e. The van der Waals surface area contributed by atoms with Crippen molar-refractivity contribution in [3.8, 4) is 22.8 Å². The first-order valence-electron chi connectivity index (χ1n) is 12.9. The van der Waals surface area contributed by atoms with E-state index in [1.54, 1.807) is 34.6 Å². The van der Waals surface area contributed by atoms with Gasteiger partial charge in [0.1, 0.15) is 19.0 Å². The molecule has 6 rings (SSSR count). The molecule has 2 aromatic carbocycles. The monoisotopic (exact) mass is 541 g/mol. The molecule has 3 heterocycles. The summed E-state index contributed by atoms with van der Waals surface area (Å²) in [5.41, 5.74) is 1.75. The molecule has 0 unspecified atom stereocenters. The average molecular weight is 542 g/mol.